The maximum Gasteiger partial charge on any atom is 0.303 e. The van der Waals surface area contributed by atoms with E-state index in [-0.39, 0.29) is 6.10 Å². The number of rotatable bonds is 3. The summed E-state index contributed by atoms with van der Waals surface area (Å²) >= 11 is 0.324. The molecule has 3 rings (SSSR count). The van der Waals surface area contributed by atoms with E-state index in [1.54, 1.807) is 12.5 Å². The van der Waals surface area contributed by atoms with Crippen LogP contribution in [0.4, 0.5) is 0 Å². The Morgan fingerprint density at radius 1 is 1.59 bits per heavy atom. The first-order valence-electron chi connectivity index (χ1n) is 5.07. The number of fused-ring (bicyclic) bond motifs is 1. The Morgan fingerprint density at radius 2 is 2.41 bits per heavy atom. The fourth-order valence-corrected chi connectivity index (χ4v) is 3.08. The van der Waals surface area contributed by atoms with E-state index in [0.29, 0.717) is 29.0 Å². The molecule has 1 aliphatic heterocycles. The molecule has 5 nitrogen and oxygen atoms in total. The number of aromatic nitrogens is 2. The lowest BCUT2D eigenvalue weighted by molar-refractivity contribution is -0.0797. The zero-order valence-corrected chi connectivity index (χ0v) is 10.7. The second kappa shape index (κ2) is 4.41. The second-order valence-electron chi connectivity index (χ2n) is 3.70. The minimum absolute atomic E-state index is 0.127. The molecule has 1 aliphatic rings. The molecule has 17 heavy (non-hydrogen) atoms. The minimum Gasteiger partial charge on any atom is -0.610 e. The summed E-state index contributed by atoms with van der Waals surface area (Å²) in [4.78, 5) is 8.39. The fraction of sp³-hybridized carbons (Fsp3) is 0.400. The predicted molar refractivity (Wildman–Crippen MR) is 65.0 cm³/mol. The van der Waals surface area contributed by atoms with Gasteiger partial charge in [-0.1, -0.05) is 11.3 Å². The zero-order valence-electron chi connectivity index (χ0n) is 9.08. The van der Waals surface area contributed by atoms with Crippen molar-refractivity contribution >= 4 is 32.9 Å². The van der Waals surface area contributed by atoms with Crippen LogP contribution in [-0.2, 0) is 15.9 Å². The summed E-state index contributed by atoms with van der Waals surface area (Å²) in [6.45, 7) is 1.26. The van der Waals surface area contributed by atoms with Gasteiger partial charge in [-0.15, -0.1) is 0 Å². The van der Waals surface area contributed by atoms with Crippen molar-refractivity contribution in [2.24, 2.45) is 0 Å². The number of thiazole rings is 1. The van der Waals surface area contributed by atoms with Gasteiger partial charge in [-0.2, -0.15) is 4.98 Å². The van der Waals surface area contributed by atoms with Crippen LogP contribution in [0.3, 0.4) is 0 Å². The lowest BCUT2D eigenvalue weighted by Crippen LogP contribution is -2.38. The minimum atomic E-state index is -1.06. The van der Waals surface area contributed by atoms with Crippen LogP contribution in [0.25, 0.3) is 10.3 Å². The average Bonchev–Trinajstić information content (AvgIpc) is 2.66. The van der Waals surface area contributed by atoms with E-state index in [1.165, 1.54) is 11.3 Å². The lowest BCUT2D eigenvalue weighted by Gasteiger charge is -2.26. The topological polar surface area (TPSA) is 67.3 Å². The van der Waals surface area contributed by atoms with Crippen LogP contribution in [0.2, 0.25) is 0 Å². The Bertz CT molecular complexity index is 539. The molecule has 0 radical (unpaired) electrons. The standard InChI is InChI=1S/C10H10N2O3S2/c1-17(13)10-12-9-8(16-10)2-6(3-11-9)15-7-4-14-5-7/h2-3,7H,4-5H2,1H3. The molecule has 1 fully saturated rings. The van der Waals surface area contributed by atoms with Crippen LogP contribution in [0, 0.1) is 0 Å². The summed E-state index contributed by atoms with van der Waals surface area (Å²) in [7, 11) is 0. The van der Waals surface area contributed by atoms with Crippen LogP contribution in [0.1, 0.15) is 0 Å². The molecule has 7 heteroatoms. The molecule has 0 spiro atoms. The summed E-state index contributed by atoms with van der Waals surface area (Å²) in [6, 6.07) is 1.88. The van der Waals surface area contributed by atoms with Gasteiger partial charge >= 0.3 is 4.34 Å². The van der Waals surface area contributed by atoms with Gasteiger partial charge in [0, 0.05) is 17.2 Å². The van der Waals surface area contributed by atoms with Gasteiger partial charge in [0.1, 0.15) is 18.1 Å². The van der Waals surface area contributed by atoms with E-state index >= 15 is 0 Å². The third kappa shape index (κ3) is 2.23. The van der Waals surface area contributed by atoms with Crippen molar-refractivity contribution in [2.75, 3.05) is 19.5 Å². The van der Waals surface area contributed by atoms with E-state index in [0.717, 1.165) is 4.70 Å². The first-order valence-corrected chi connectivity index (χ1v) is 7.44. The molecular formula is C10H10N2O3S2. The highest BCUT2D eigenvalue weighted by Gasteiger charge is 2.21. The summed E-state index contributed by atoms with van der Waals surface area (Å²) in [5.41, 5.74) is 0.623. The van der Waals surface area contributed by atoms with Gasteiger partial charge in [-0.3, -0.25) is 0 Å². The van der Waals surface area contributed by atoms with E-state index in [1.807, 2.05) is 6.07 Å². The van der Waals surface area contributed by atoms with Crippen LogP contribution >= 0.6 is 11.3 Å². The molecule has 1 unspecified atom stereocenters. The Balaban J connectivity index is 1.89. The molecule has 0 aliphatic carbocycles. The molecule has 3 heterocycles. The van der Waals surface area contributed by atoms with E-state index in [4.69, 9.17) is 9.47 Å². The van der Waals surface area contributed by atoms with Gasteiger partial charge in [-0.25, -0.2) is 4.98 Å². The van der Waals surface area contributed by atoms with Crippen LogP contribution in [-0.4, -0.2) is 40.1 Å². The van der Waals surface area contributed by atoms with Crippen molar-refractivity contribution in [2.45, 2.75) is 10.4 Å². The number of ether oxygens (including phenoxy) is 2. The third-order valence-electron chi connectivity index (χ3n) is 2.36. The highest BCUT2D eigenvalue weighted by Crippen LogP contribution is 2.27. The molecule has 1 saturated heterocycles. The van der Waals surface area contributed by atoms with Crippen molar-refractivity contribution in [1.29, 1.82) is 0 Å². The highest BCUT2D eigenvalue weighted by atomic mass is 32.2. The van der Waals surface area contributed by atoms with Crippen molar-refractivity contribution in [3.8, 4) is 5.75 Å². The van der Waals surface area contributed by atoms with Crippen LogP contribution in [0.15, 0.2) is 16.6 Å². The zero-order chi connectivity index (χ0) is 11.8. The molecule has 2 aromatic heterocycles. The van der Waals surface area contributed by atoms with E-state index in [9.17, 15) is 4.55 Å². The molecule has 0 bridgehead atoms. The van der Waals surface area contributed by atoms with Gasteiger partial charge in [0.25, 0.3) is 0 Å². The van der Waals surface area contributed by atoms with Gasteiger partial charge in [-0.05, 0) is 0 Å². The van der Waals surface area contributed by atoms with Gasteiger partial charge < -0.3 is 14.0 Å². The largest absolute Gasteiger partial charge is 0.610 e. The molecule has 0 N–H and O–H groups in total. The third-order valence-corrected chi connectivity index (χ3v) is 4.68. The fourth-order valence-electron chi connectivity index (χ4n) is 1.44. The smallest absolute Gasteiger partial charge is 0.303 e. The normalized spacial score (nSPS) is 18.0. The monoisotopic (exact) mass is 270 g/mol. The summed E-state index contributed by atoms with van der Waals surface area (Å²) in [6.07, 6.45) is 3.38. The highest BCUT2D eigenvalue weighted by molar-refractivity contribution is 7.92. The summed E-state index contributed by atoms with van der Waals surface area (Å²) in [5.74, 6) is 0.711. The molecule has 90 valence electrons. The van der Waals surface area contributed by atoms with Crippen molar-refractivity contribution < 1.29 is 14.0 Å². The lowest BCUT2D eigenvalue weighted by atomic mass is 10.3. The van der Waals surface area contributed by atoms with Gasteiger partial charge in [0.15, 0.2) is 5.65 Å². The SMILES string of the molecule is C[S+]([O-])c1nc2ncc(OC3COC3)cc2s1. The Morgan fingerprint density at radius 3 is 3.06 bits per heavy atom. The Labute approximate surface area is 105 Å². The van der Waals surface area contributed by atoms with Crippen molar-refractivity contribution in [1.82, 2.24) is 9.97 Å². The Hall–Kier alpha value is -0.890. The molecule has 2 aromatic rings. The maximum atomic E-state index is 11.3. The van der Waals surface area contributed by atoms with E-state index in [2.05, 4.69) is 9.97 Å². The molecule has 0 saturated carbocycles. The second-order valence-corrected chi connectivity index (χ2v) is 6.29. The maximum absolute atomic E-state index is 11.3. The average molecular weight is 270 g/mol. The molecule has 1 atom stereocenters. The quantitative estimate of drug-likeness (QED) is 0.784. The summed E-state index contributed by atoms with van der Waals surface area (Å²) in [5, 5.41) is 0. The first kappa shape index (κ1) is 11.2. The number of hydrogen-bond acceptors (Lipinski definition) is 6. The van der Waals surface area contributed by atoms with Crippen LogP contribution < -0.4 is 4.74 Å². The van der Waals surface area contributed by atoms with Crippen LogP contribution in [0.5, 0.6) is 5.75 Å². The number of hydrogen-bond donors (Lipinski definition) is 0. The number of pyridine rings is 1. The van der Waals surface area contributed by atoms with E-state index < -0.39 is 11.2 Å². The first-order chi connectivity index (χ1) is 8.22. The van der Waals surface area contributed by atoms with Gasteiger partial charge in [0.2, 0.25) is 0 Å². The molecular weight excluding hydrogens is 260 g/mol. The van der Waals surface area contributed by atoms with Crippen molar-refractivity contribution in [3.63, 3.8) is 0 Å². The Kier molecular flexibility index (Phi) is 2.91. The summed E-state index contributed by atoms with van der Waals surface area (Å²) < 4.78 is 23.5. The predicted octanol–water partition coefficient (Wildman–Crippen LogP) is 1.21. The van der Waals surface area contributed by atoms with Gasteiger partial charge in [0.05, 0.1) is 24.1 Å². The molecule has 0 amide bonds. The number of nitrogens with zero attached hydrogens (tertiary/aromatic N) is 2. The van der Waals surface area contributed by atoms with Crippen molar-refractivity contribution in [3.05, 3.63) is 12.3 Å². The molecule has 0 aromatic carbocycles.